The van der Waals surface area contributed by atoms with Gasteiger partial charge >= 0.3 is 0 Å². The van der Waals surface area contributed by atoms with Crippen LogP contribution in [0.25, 0.3) is 0 Å². The van der Waals surface area contributed by atoms with Gasteiger partial charge in [-0.3, -0.25) is 0 Å². The molecule has 0 fully saturated rings. The Labute approximate surface area is 185 Å². The lowest BCUT2D eigenvalue weighted by Gasteiger charge is -2.33. The van der Waals surface area contributed by atoms with Gasteiger partial charge in [0.15, 0.2) is 0 Å². The quantitative estimate of drug-likeness (QED) is 0.300. The number of allylic oxidation sites excluding steroid dienone is 2. The molecule has 1 unspecified atom stereocenters. The van der Waals surface area contributed by atoms with Gasteiger partial charge in [-0.2, -0.15) is 0 Å². The molecule has 0 radical (unpaired) electrons. The van der Waals surface area contributed by atoms with Crippen LogP contribution < -0.4 is 0 Å². The highest BCUT2D eigenvalue weighted by Crippen LogP contribution is 2.29. The van der Waals surface area contributed by atoms with Crippen LogP contribution in [-0.4, -0.2) is 50.5 Å². The molecule has 1 atom stereocenters. The fourth-order valence-electron chi connectivity index (χ4n) is 4.20. The first-order chi connectivity index (χ1) is 14.2. The minimum Gasteiger partial charge on any atom is -0.373 e. The van der Waals surface area contributed by atoms with Crippen molar-refractivity contribution in [3.05, 3.63) is 59.7 Å². The minimum absolute atomic E-state index is 0.149. The standard InChI is InChI=1S/C27H44NO2/c1-23(2)20-25-10-12-26(13-11-25)22-28(5,6)16-17-29-18-19-30-27(21-24(3)4)14-8-7-9-15-27/h7-14,23-24H,15-22H2,1-6H3/q+1. The molecule has 0 bridgehead atoms. The second kappa shape index (κ2) is 11.8. The van der Waals surface area contributed by atoms with E-state index in [2.05, 4.69) is 90.4 Å². The molecule has 2 rings (SSSR count). The third-order valence-electron chi connectivity index (χ3n) is 5.60. The first kappa shape index (κ1) is 24.8. The third-order valence-corrected chi connectivity index (χ3v) is 5.60. The lowest BCUT2D eigenvalue weighted by atomic mass is 9.86. The Kier molecular flexibility index (Phi) is 9.80. The number of quaternary nitrogens is 1. The van der Waals surface area contributed by atoms with Gasteiger partial charge in [0, 0.05) is 5.56 Å². The number of hydrogen-bond donors (Lipinski definition) is 0. The van der Waals surface area contributed by atoms with Gasteiger partial charge in [0.1, 0.15) is 13.1 Å². The van der Waals surface area contributed by atoms with Gasteiger partial charge in [-0.15, -0.1) is 0 Å². The molecule has 1 aliphatic rings. The topological polar surface area (TPSA) is 18.5 Å². The summed E-state index contributed by atoms with van der Waals surface area (Å²) >= 11 is 0. The third kappa shape index (κ3) is 9.16. The van der Waals surface area contributed by atoms with Gasteiger partial charge in [-0.25, -0.2) is 0 Å². The molecule has 3 nitrogen and oxygen atoms in total. The zero-order chi connectivity index (χ0) is 22.0. The van der Waals surface area contributed by atoms with Crippen molar-refractivity contribution >= 4 is 0 Å². The molecule has 1 aromatic rings. The molecule has 0 spiro atoms. The van der Waals surface area contributed by atoms with Crippen LogP contribution in [-0.2, 0) is 22.4 Å². The molecule has 30 heavy (non-hydrogen) atoms. The molecule has 0 amide bonds. The monoisotopic (exact) mass is 414 g/mol. The normalized spacial score (nSPS) is 19.2. The Morgan fingerprint density at radius 2 is 1.60 bits per heavy atom. The molecule has 0 aliphatic heterocycles. The number of hydrogen-bond acceptors (Lipinski definition) is 2. The van der Waals surface area contributed by atoms with Gasteiger partial charge in [0.25, 0.3) is 0 Å². The second-order valence-electron chi connectivity index (χ2n) is 10.3. The average molecular weight is 415 g/mol. The highest BCUT2D eigenvalue weighted by molar-refractivity contribution is 5.22. The molecule has 1 aliphatic carbocycles. The molecule has 168 valence electrons. The van der Waals surface area contributed by atoms with Crippen LogP contribution in [0.3, 0.4) is 0 Å². The Morgan fingerprint density at radius 1 is 0.900 bits per heavy atom. The molecule has 0 saturated heterocycles. The summed E-state index contributed by atoms with van der Waals surface area (Å²) in [6.07, 6.45) is 11.8. The van der Waals surface area contributed by atoms with Crippen LogP contribution in [0.4, 0.5) is 0 Å². The zero-order valence-electron chi connectivity index (χ0n) is 20.2. The van der Waals surface area contributed by atoms with Crippen molar-refractivity contribution in [2.45, 2.75) is 59.1 Å². The van der Waals surface area contributed by atoms with Crippen LogP contribution in [0, 0.1) is 11.8 Å². The Bertz CT molecular complexity index is 673. The summed E-state index contributed by atoms with van der Waals surface area (Å²) in [5.74, 6) is 1.31. The SMILES string of the molecule is CC(C)Cc1ccc(C[N+](C)(C)CCOCCOC2(CC(C)C)C=CC=CC2)cc1. The molecular weight excluding hydrogens is 370 g/mol. The summed E-state index contributed by atoms with van der Waals surface area (Å²) in [6.45, 7) is 13.1. The van der Waals surface area contributed by atoms with Crippen LogP contribution in [0.15, 0.2) is 48.6 Å². The second-order valence-corrected chi connectivity index (χ2v) is 10.3. The van der Waals surface area contributed by atoms with Crippen molar-refractivity contribution in [1.29, 1.82) is 0 Å². The van der Waals surface area contributed by atoms with Gasteiger partial charge < -0.3 is 14.0 Å². The summed E-state index contributed by atoms with van der Waals surface area (Å²) in [5, 5.41) is 0. The van der Waals surface area contributed by atoms with Crippen molar-refractivity contribution in [3.63, 3.8) is 0 Å². The van der Waals surface area contributed by atoms with Crippen LogP contribution >= 0.6 is 0 Å². The first-order valence-corrected chi connectivity index (χ1v) is 11.7. The summed E-state index contributed by atoms with van der Waals surface area (Å²) in [4.78, 5) is 0. The lowest BCUT2D eigenvalue weighted by molar-refractivity contribution is -0.904. The van der Waals surface area contributed by atoms with Crippen molar-refractivity contribution in [2.75, 3.05) is 40.5 Å². The molecule has 0 heterocycles. The smallest absolute Gasteiger partial charge is 0.104 e. The van der Waals surface area contributed by atoms with Crippen molar-refractivity contribution in [2.24, 2.45) is 11.8 Å². The van der Waals surface area contributed by atoms with E-state index in [1.54, 1.807) is 0 Å². The number of likely N-dealkylation sites (N-methyl/N-ethyl adjacent to an activating group) is 1. The Hall–Kier alpha value is -1.42. The fraction of sp³-hybridized carbons (Fsp3) is 0.630. The number of benzene rings is 1. The van der Waals surface area contributed by atoms with Crippen molar-refractivity contribution < 1.29 is 14.0 Å². The van der Waals surface area contributed by atoms with E-state index in [1.807, 2.05) is 0 Å². The van der Waals surface area contributed by atoms with Crippen molar-refractivity contribution in [3.8, 4) is 0 Å². The average Bonchev–Trinajstić information content (AvgIpc) is 2.66. The van der Waals surface area contributed by atoms with Gasteiger partial charge in [0.05, 0.1) is 39.5 Å². The van der Waals surface area contributed by atoms with E-state index in [0.717, 1.165) is 43.4 Å². The maximum atomic E-state index is 6.28. The van der Waals surface area contributed by atoms with E-state index in [1.165, 1.54) is 11.1 Å². The maximum Gasteiger partial charge on any atom is 0.104 e. The largest absolute Gasteiger partial charge is 0.373 e. The van der Waals surface area contributed by atoms with Crippen LogP contribution in [0.1, 0.15) is 51.7 Å². The number of ether oxygens (including phenoxy) is 2. The van der Waals surface area contributed by atoms with Gasteiger partial charge in [-0.05, 0) is 36.7 Å². The van der Waals surface area contributed by atoms with Crippen LogP contribution in [0.2, 0.25) is 0 Å². The maximum absolute atomic E-state index is 6.28. The summed E-state index contributed by atoms with van der Waals surface area (Å²) in [5.41, 5.74) is 2.67. The molecule has 0 N–H and O–H groups in total. The van der Waals surface area contributed by atoms with Crippen LogP contribution in [0.5, 0.6) is 0 Å². The fourth-order valence-corrected chi connectivity index (χ4v) is 4.20. The minimum atomic E-state index is -0.149. The highest BCUT2D eigenvalue weighted by atomic mass is 16.5. The predicted molar refractivity (Wildman–Crippen MR) is 128 cm³/mol. The van der Waals surface area contributed by atoms with E-state index in [-0.39, 0.29) is 5.60 Å². The van der Waals surface area contributed by atoms with Crippen molar-refractivity contribution in [1.82, 2.24) is 0 Å². The first-order valence-electron chi connectivity index (χ1n) is 11.7. The van der Waals surface area contributed by atoms with E-state index in [0.29, 0.717) is 25.0 Å². The van der Waals surface area contributed by atoms with E-state index < -0.39 is 0 Å². The number of rotatable bonds is 13. The molecule has 0 aromatic heterocycles. The summed E-state index contributed by atoms with van der Waals surface area (Å²) < 4.78 is 13.1. The summed E-state index contributed by atoms with van der Waals surface area (Å²) in [6, 6.07) is 9.13. The van der Waals surface area contributed by atoms with E-state index in [9.17, 15) is 0 Å². The molecule has 3 heteroatoms. The van der Waals surface area contributed by atoms with E-state index in [4.69, 9.17) is 9.47 Å². The molecule has 1 aromatic carbocycles. The van der Waals surface area contributed by atoms with Gasteiger partial charge in [-0.1, -0.05) is 76.3 Å². The summed E-state index contributed by atoms with van der Waals surface area (Å²) in [7, 11) is 4.55. The predicted octanol–water partition coefficient (Wildman–Crippen LogP) is 5.80. The number of nitrogens with zero attached hydrogens (tertiary/aromatic N) is 1. The lowest BCUT2D eigenvalue weighted by Crippen LogP contribution is -2.41. The van der Waals surface area contributed by atoms with E-state index >= 15 is 0 Å². The Balaban J connectivity index is 1.68. The molecule has 0 saturated carbocycles. The zero-order valence-corrected chi connectivity index (χ0v) is 20.2. The Morgan fingerprint density at radius 3 is 2.20 bits per heavy atom. The molecular formula is C27H44NO2+. The highest BCUT2D eigenvalue weighted by Gasteiger charge is 2.28. The van der Waals surface area contributed by atoms with Gasteiger partial charge in [0.2, 0.25) is 0 Å².